The van der Waals surface area contributed by atoms with Crippen molar-refractivity contribution in [2.45, 2.75) is 24.2 Å². The minimum absolute atomic E-state index is 0.0180. The second-order valence-electron chi connectivity index (χ2n) is 4.60. The quantitative estimate of drug-likeness (QED) is 0.798. The van der Waals surface area contributed by atoms with Crippen LogP contribution in [0.15, 0.2) is 23.1 Å². The molecule has 0 spiro atoms. The van der Waals surface area contributed by atoms with Gasteiger partial charge in [0.15, 0.2) is 0 Å². The molecule has 20 heavy (non-hydrogen) atoms. The summed E-state index contributed by atoms with van der Waals surface area (Å²) >= 11 is 0. The maximum Gasteiger partial charge on any atom is 0.337 e. The fourth-order valence-corrected chi connectivity index (χ4v) is 3.80. The first-order valence-corrected chi connectivity index (χ1v) is 7.79. The molecule has 1 fully saturated rings. The summed E-state index contributed by atoms with van der Waals surface area (Å²) in [5.74, 6) is -1.55. The van der Waals surface area contributed by atoms with Gasteiger partial charge in [0.1, 0.15) is 10.7 Å². The van der Waals surface area contributed by atoms with Crippen molar-refractivity contribution < 1.29 is 22.3 Å². The third kappa shape index (κ3) is 2.83. The van der Waals surface area contributed by atoms with Gasteiger partial charge in [-0.3, -0.25) is 0 Å². The Hall–Kier alpha value is -1.47. The second kappa shape index (κ2) is 5.88. The second-order valence-corrected chi connectivity index (χ2v) is 6.51. The highest BCUT2D eigenvalue weighted by molar-refractivity contribution is 7.89. The van der Waals surface area contributed by atoms with Crippen LogP contribution in [0.3, 0.4) is 0 Å². The fourth-order valence-electron chi connectivity index (χ4n) is 2.19. The minimum atomic E-state index is -3.91. The van der Waals surface area contributed by atoms with E-state index < -0.39 is 26.7 Å². The van der Waals surface area contributed by atoms with Gasteiger partial charge in [-0.05, 0) is 31.0 Å². The van der Waals surface area contributed by atoms with Crippen LogP contribution in [0.5, 0.6) is 0 Å². The fraction of sp³-hybridized carbons (Fsp3) is 0.462. The van der Waals surface area contributed by atoms with E-state index in [9.17, 15) is 17.6 Å². The van der Waals surface area contributed by atoms with E-state index in [1.54, 1.807) is 0 Å². The van der Waals surface area contributed by atoms with Crippen molar-refractivity contribution >= 4 is 16.0 Å². The molecule has 0 bridgehead atoms. The summed E-state index contributed by atoms with van der Waals surface area (Å²) in [5, 5.41) is 0. The summed E-state index contributed by atoms with van der Waals surface area (Å²) in [6, 6.07) is 3.21. The SMILES string of the molecule is COC(=O)c1ccc(F)c(S(=O)(=O)N2CCCCC2)c1. The highest BCUT2D eigenvalue weighted by Crippen LogP contribution is 2.24. The summed E-state index contributed by atoms with van der Waals surface area (Å²) < 4.78 is 44.4. The van der Waals surface area contributed by atoms with Crippen molar-refractivity contribution in [1.29, 1.82) is 0 Å². The Kier molecular flexibility index (Phi) is 4.39. The van der Waals surface area contributed by atoms with E-state index >= 15 is 0 Å². The Morgan fingerprint density at radius 2 is 1.90 bits per heavy atom. The molecule has 110 valence electrons. The summed E-state index contributed by atoms with van der Waals surface area (Å²) in [5.41, 5.74) is 0.0180. The van der Waals surface area contributed by atoms with Crippen LogP contribution >= 0.6 is 0 Å². The lowest BCUT2D eigenvalue weighted by molar-refractivity contribution is 0.0600. The van der Waals surface area contributed by atoms with E-state index in [1.807, 2.05) is 0 Å². The number of benzene rings is 1. The van der Waals surface area contributed by atoms with E-state index in [0.29, 0.717) is 13.1 Å². The average Bonchev–Trinajstić information content (AvgIpc) is 2.47. The summed E-state index contributed by atoms with van der Waals surface area (Å²) in [4.78, 5) is 11.0. The van der Waals surface area contributed by atoms with E-state index in [4.69, 9.17) is 0 Å². The smallest absolute Gasteiger partial charge is 0.337 e. The van der Waals surface area contributed by atoms with Crippen molar-refractivity contribution in [3.63, 3.8) is 0 Å². The van der Waals surface area contributed by atoms with Gasteiger partial charge >= 0.3 is 5.97 Å². The van der Waals surface area contributed by atoms with Crippen LogP contribution in [-0.4, -0.2) is 38.9 Å². The van der Waals surface area contributed by atoms with Crippen LogP contribution in [-0.2, 0) is 14.8 Å². The molecule has 0 N–H and O–H groups in total. The van der Waals surface area contributed by atoms with Crippen LogP contribution in [0.25, 0.3) is 0 Å². The van der Waals surface area contributed by atoms with E-state index in [-0.39, 0.29) is 5.56 Å². The van der Waals surface area contributed by atoms with Gasteiger partial charge in [-0.15, -0.1) is 0 Å². The van der Waals surface area contributed by atoms with E-state index in [1.165, 1.54) is 17.5 Å². The number of methoxy groups -OCH3 is 1. The molecule has 0 saturated carbocycles. The minimum Gasteiger partial charge on any atom is -0.465 e. The first kappa shape index (κ1) is 14.9. The van der Waals surface area contributed by atoms with Gasteiger partial charge < -0.3 is 4.74 Å². The molecule has 0 atom stereocenters. The molecular formula is C13H16FNO4S. The van der Waals surface area contributed by atoms with Gasteiger partial charge in [-0.25, -0.2) is 17.6 Å². The zero-order valence-electron chi connectivity index (χ0n) is 11.1. The lowest BCUT2D eigenvalue weighted by Gasteiger charge is -2.26. The maximum absolute atomic E-state index is 13.8. The van der Waals surface area contributed by atoms with E-state index in [2.05, 4.69) is 4.74 Å². The highest BCUT2D eigenvalue weighted by Gasteiger charge is 2.29. The standard InChI is InChI=1S/C13H16FNO4S/c1-19-13(16)10-5-6-11(14)12(9-10)20(17,18)15-7-3-2-4-8-15/h5-6,9H,2-4,7-8H2,1H3. The number of sulfonamides is 1. The molecule has 7 heteroatoms. The molecule has 0 amide bonds. The van der Waals surface area contributed by atoms with Gasteiger partial charge in [0.25, 0.3) is 0 Å². The Labute approximate surface area is 117 Å². The number of rotatable bonds is 3. The third-order valence-corrected chi connectivity index (χ3v) is 5.20. The molecule has 2 rings (SSSR count). The molecule has 1 aliphatic heterocycles. The molecule has 5 nitrogen and oxygen atoms in total. The van der Waals surface area contributed by atoms with Gasteiger partial charge in [0.2, 0.25) is 10.0 Å². The van der Waals surface area contributed by atoms with Crippen molar-refractivity contribution in [2.24, 2.45) is 0 Å². The molecule has 1 aliphatic rings. The Bertz CT molecular complexity index is 609. The molecule has 0 aliphatic carbocycles. The molecule has 0 aromatic heterocycles. The van der Waals surface area contributed by atoms with Crippen molar-refractivity contribution in [2.75, 3.05) is 20.2 Å². The van der Waals surface area contributed by atoms with Gasteiger partial charge in [-0.2, -0.15) is 4.31 Å². The lowest BCUT2D eigenvalue weighted by Crippen LogP contribution is -2.36. The van der Waals surface area contributed by atoms with Crippen LogP contribution in [0.1, 0.15) is 29.6 Å². The molecule has 1 aromatic carbocycles. The first-order valence-electron chi connectivity index (χ1n) is 6.35. The predicted molar refractivity (Wildman–Crippen MR) is 70.3 cm³/mol. The zero-order chi connectivity index (χ0) is 14.8. The number of halogens is 1. The Balaban J connectivity index is 2.42. The van der Waals surface area contributed by atoms with Crippen molar-refractivity contribution in [1.82, 2.24) is 4.31 Å². The maximum atomic E-state index is 13.8. The van der Waals surface area contributed by atoms with Gasteiger partial charge in [-0.1, -0.05) is 6.42 Å². The number of carbonyl (C=O) groups excluding carboxylic acids is 1. The molecule has 0 radical (unpaired) electrons. The molecule has 1 heterocycles. The number of nitrogens with zero attached hydrogens (tertiary/aromatic N) is 1. The molecule has 1 saturated heterocycles. The summed E-state index contributed by atoms with van der Waals surface area (Å²) in [6.45, 7) is 0.758. The zero-order valence-corrected chi connectivity index (χ0v) is 12.0. The van der Waals surface area contributed by atoms with Crippen molar-refractivity contribution in [3.05, 3.63) is 29.6 Å². The number of ether oxygens (including phenoxy) is 1. The van der Waals surface area contributed by atoms with Gasteiger partial charge in [0, 0.05) is 13.1 Å². The normalized spacial score (nSPS) is 16.9. The Morgan fingerprint density at radius 1 is 1.25 bits per heavy atom. The highest BCUT2D eigenvalue weighted by atomic mass is 32.2. The lowest BCUT2D eigenvalue weighted by atomic mass is 10.2. The predicted octanol–water partition coefficient (Wildman–Crippen LogP) is 1.79. The van der Waals surface area contributed by atoms with Gasteiger partial charge in [0.05, 0.1) is 12.7 Å². The summed E-state index contributed by atoms with van der Waals surface area (Å²) in [6.07, 6.45) is 2.49. The molecule has 0 unspecified atom stereocenters. The number of esters is 1. The molecular weight excluding hydrogens is 285 g/mol. The third-order valence-electron chi connectivity index (χ3n) is 3.29. The van der Waals surface area contributed by atoms with Crippen LogP contribution in [0, 0.1) is 5.82 Å². The molecule has 1 aromatic rings. The first-order chi connectivity index (χ1) is 9.46. The van der Waals surface area contributed by atoms with Crippen LogP contribution in [0.2, 0.25) is 0 Å². The van der Waals surface area contributed by atoms with Crippen molar-refractivity contribution in [3.8, 4) is 0 Å². The topological polar surface area (TPSA) is 63.7 Å². The largest absolute Gasteiger partial charge is 0.465 e. The average molecular weight is 301 g/mol. The van der Waals surface area contributed by atoms with E-state index in [0.717, 1.165) is 31.4 Å². The number of hydrogen-bond donors (Lipinski definition) is 0. The number of piperidine rings is 1. The summed E-state index contributed by atoms with van der Waals surface area (Å²) in [7, 11) is -2.72. The van der Waals surface area contributed by atoms with Crippen LogP contribution in [0.4, 0.5) is 4.39 Å². The monoisotopic (exact) mass is 301 g/mol. The van der Waals surface area contributed by atoms with Crippen LogP contribution < -0.4 is 0 Å². The number of carbonyl (C=O) groups is 1. The number of hydrogen-bond acceptors (Lipinski definition) is 4. The Morgan fingerprint density at radius 3 is 2.50 bits per heavy atom.